The van der Waals surface area contributed by atoms with Crippen molar-refractivity contribution in [2.24, 2.45) is 0 Å². The standard InChI is InChI=1S/C27H29N3O4/c1-2-17-33-21-14-12-19(13-15-21)23-24-26(28-16-8-4-7-11-22(31)32)29-18-30-27(24)34-25(23)20-9-5-3-6-10-20/h3,5-6,9-10,12-15,18H,2,4,7-8,11,16-17H2,1H3,(H,31,32)(H,28,29,30). The molecule has 0 saturated heterocycles. The van der Waals surface area contributed by atoms with Crippen LogP contribution in [0.3, 0.4) is 0 Å². The molecule has 0 atom stereocenters. The van der Waals surface area contributed by atoms with Crippen molar-refractivity contribution in [2.45, 2.75) is 39.0 Å². The number of rotatable bonds is 12. The number of nitrogens with one attached hydrogen (secondary N) is 1. The molecular weight excluding hydrogens is 430 g/mol. The lowest BCUT2D eigenvalue weighted by Crippen LogP contribution is -2.04. The Morgan fingerprint density at radius 3 is 2.53 bits per heavy atom. The zero-order chi connectivity index (χ0) is 23.8. The lowest BCUT2D eigenvalue weighted by Gasteiger charge is -2.09. The summed E-state index contributed by atoms with van der Waals surface area (Å²) in [5.74, 6) is 1.52. The molecule has 4 rings (SSSR count). The third kappa shape index (κ3) is 5.54. The van der Waals surface area contributed by atoms with Gasteiger partial charge in [-0.15, -0.1) is 0 Å². The fraction of sp³-hybridized carbons (Fsp3) is 0.296. The van der Waals surface area contributed by atoms with Crippen molar-refractivity contribution in [1.29, 1.82) is 0 Å². The Morgan fingerprint density at radius 2 is 1.79 bits per heavy atom. The summed E-state index contributed by atoms with van der Waals surface area (Å²) < 4.78 is 12.0. The minimum Gasteiger partial charge on any atom is -0.494 e. The lowest BCUT2D eigenvalue weighted by atomic mass is 9.99. The summed E-state index contributed by atoms with van der Waals surface area (Å²) in [6, 6.07) is 18.0. The van der Waals surface area contributed by atoms with Crippen LogP contribution in [0.2, 0.25) is 0 Å². The number of hydrogen-bond acceptors (Lipinski definition) is 6. The molecule has 0 fully saturated rings. The minimum atomic E-state index is -0.756. The van der Waals surface area contributed by atoms with Crippen LogP contribution in [0, 0.1) is 0 Å². The molecule has 4 aromatic rings. The molecule has 0 aliphatic rings. The van der Waals surface area contributed by atoms with E-state index in [1.54, 1.807) is 0 Å². The fourth-order valence-electron chi connectivity index (χ4n) is 3.86. The number of anilines is 1. The van der Waals surface area contributed by atoms with Gasteiger partial charge in [0.2, 0.25) is 5.71 Å². The van der Waals surface area contributed by atoms with Crippen LogP contribution in [-0.4, -0.2) is 34.2 Å². The summed E-state index contributed by atoms with van der Waals surface area (Å²) in [7, 11) is 0. The third-order valence-corrected chi connectivity index (χ3v) is 5.50. The number of aromatic nitrogens is 2. The Bertz CT molecular complexity index is 1220. The number of carboxylic acid groups (broad SMARTS) is 1. The van der Waals surface area contributed by atoms with Crippen LogP contribution in [0.1, 0.15) is 39.0 Å². The minimum absolute atomic E-state index is 0.196. The second-order valence-corrected chi connectivity index (χ2v) is 8.08. The third-order valence-electron chi connectivity index (χ3n) is 5.50. The van der Waals surface area contributed by atoms with Crippen LogP contribution in [0.15, 0.2) is 65.3 Å². The molecule has 0 saturated carbocycles. The van der Waals surface area contributed by atoms with E-state index in [4.69, 9.17) is 14.3 Å². The van der Waals surface area contributed by atoms with Crippen LogP contribution in [0.4, 0.5) is 5.82 Å². The molecule has 176 valence electrons. The Labute approximate surface area is 198 Å². The lowest BCUT2D eigenvalue weighted by molar-refractivity contribution is -0.137. The molecule has 0 spiro atoms. The molecule has 2 aromatic heterocycles. The second-order valence-electron chi connectivity index (χ2n) is 8.08. The zero-order valence-electron chi connectivity index (χ0n) is 19.3. The van der Waals surface area contributed by atoms with Crippen molar-refractivity contribution in [3.8, 4) is 28.2 Å². The molecule has 0 bridgehead atoms. The summed E-state index contributed by atoms with van der Waals surface area (Å²) >= 11 is 0. The first-order valence-electron chi connectivity index (χ1n) is 11.7. The monoisotopic (exact) mass is 459 g/mol. The van der Waals surface area contributed by atoms with Gasteiger partial charge in [-0.25, -0.2) is 9.97 Å². The van der Waals surface area contributed by atoms with Gasteiger partial charge >= 0.3 is 5.97 Å². The molecule has 2 N–H and O–H groups in total. The summed E-state index contributed by atoms with van der Waals surface area (Å²) in [5.41, 5.74) is 3.39. The van der Waals surface area contributed by atoms with E-state index in [1.165, 1.54) is 6.33 Å². The SMILES string of the molecule is CCCOc1ccc(-c2c(-c3ccccc3)oc3ncnc(NCCCCCC(=O)O)c23)cc1. The number of hydrogen-bond donors (Lipinski definition) is 2. The number of nitrogens with zero attached hydrogens (tertiary/aromatic N) is 2. The van der Waals surface area contributed by atoms with E-state index < -0.39 is 5.97 Å². The molecule has 7 nitrogen and oxygen atoms in total. The van der Waals surface area contributed by atoms with Crippen molar-refractivity contribution in [1.82, 2.24) is 9.97 Å². The van der Waals surface area contributed by atoms with E-state index in [2.05, 4.69) is 22.2 Å². The smallest absolute Gasteiger partial charge is 0.303 e. The topological polar surface area (TPSA) is 97.5 Å². The second kappa shape index (κ2) is 11.3. The van der Waals surface area contributed by atoms with Gasteiger partial charge in [0.05, 0.1) is 12.0 Å². The molecule has 34 heavy (non-hydrogen) atoms. The van der Waals surface area contributed by atoms with Crippen LogP contribution >= 0.6 is 0 Å². The number of carboxylic acids is 1. The average molecular weight is 460 g/mol. The average Bonchev–Trinajstić information content (AvgIpc) is 3.26. The van der Waals surface area contributed by atoms with E-state index in [0.29, 0.717) is 31.1 Å². The largest absolute Gasteiger partial charge is 0.494 e. The summed E-state index contributed by atoms with van der Waals surface area (Å²) in [4.78, 5) is 19.6. The van der Waals surface area contributed by atoms with E-state index in [1.807, 2.05) is 54.6 Å². The first kappa shape index (κ1) is 23.3. The summed E-state index contributed by atoms with van der Waals surface area (Å²) in [6.45, 7) is 3.44. The van der Waals surface area contributed by atoms with Gasteiger partial charge in [-0.3, -0.25) is 4.79 Å². The summed E-state index contributed by atoms with van der Waals surface area (Å²) in [5, 5.41) is 13.0. The number of unbranched alkanes of at least 4 members (excludes halogenated alkanes) is 2. The highest BCUT2D eigenvalue weighted by atomic mass is 16.5. The predicted octanol–water partition coefficient (Wildman–Crippen LogP) is 6.40. The van der Waals surface area contributed by atoms with Crippen LogP contribution in [0.25, 0.3) is 33.6 Å². The van der Waals surface area contributed by atoms with Gasteiger partial charge in [0, 0.05) is 24.1 Å². The summed E-state index contributed by atoms with van der Waals surface area (Å²) in [6.07, 6.45) is 4.99. The highest BCUT2D eigenvalue weighted by Gasteiger charge is 2.22. The van der Waals surface area contributed by atoms with E-state index >= 15 is 0 Å². The molecule has 0 aliphatic heterocycles. The molecule has 7 heteroatoms. The maximum Gasteiger partial charge on any atom is 0.303 e. The van der Waals surface area contributed by atoms with Gasteiger partial charge in [-0.05, 0) is 37.0 Å². The number of carbonyl (C=O) groups is 1. The maximum atomic E-state index is 10.7. The Kier molecular flexibility index (Phi) is 7.75. The molecule has 0 unspecified atom stereocenters. The van der Waals surface area contributed by atoms with E-state index in [9.17, 15) is 4.79 Å². The van der Waals surface area contributed by atoms with Crippen LogP contribution < -0.4 is 10.1 Å². The van der Waals surface area contributed by atoms with Gasteiger partial charge in [-0.2, -0.15) is 0 Å². The molecule has 0 aliphatic carbocycles. The molecule has 2 aromatic carbocycles. The first-order valence-corrected chi connectivity index (χ1v) is 11.7. The van der Waals surface area contributed by atoms with Crippen molar-refractivity contribution < 1.29 is 19.1 Å². The van der Waals surface area contributed by atoms with Crippen molar-refractivity contribution in [2.75, 3.05) is 18.5 Å². The molecule has 2 heterocycles. The molecule has 0 amide bonds. The molecular formula is C27H29N3O4. The van der Waals surface area contributed by atoms with Crippen LogP contribution in [0.5, 0.6) is 5.75 Å². The van der Waals surface area contributed by atoms with Crippen molar-refractivity contribution in [3.63, 3.8) is 0 Å². The first-order chi connectivity index (χ1) is 16.7. The van der Waals surface area contributed by atoms with Gasteiger partial charge in [0.15, 0.2) is 0 Å². The van der Waals surface area contributed by atoms with Gasteiger partial charge < -0.3 is 19.6 Å². The number of furan rings is 1. The highest BCUT2D eigenvalue weighted by molar-refractivity contribution is 6.05. The Hall–Kier alpha value is -3.87. The van der Waals surface area contributed by atoms with Crippen molar-refractivity contribution in [3.05, 3.63) is 60.9 Å². The number of fused-ring (bicyclic) bond motifs is 1. The van der Waals surface area contributed by atoms with Gasteiger partial charge in [0.1, 0.15) is 23.7 Å². The fourth-order valence-corrected chi connectivity index (χ4v) is 3.86. The van der Waals surface area contributed by atoms with Gasteiger partial charge in [-0.1, -0.05) is 55.8 Å². The number of aliphatic carboxylic acids is 1. The Balaban J connectivity index is 1.68. The van der Waals surface area contributed by atoms with Crippen LogP contribution in [-0.2, 0) is 4.79 Å². The van der Waals surface area contributed by atoms with Crippen molar-refractivity contribution >= 4 is 22.9 Å². The predicted molar refractivity (Wildman–Crippen MR) is 133 cm³/mol. The Morgan fingerprint density at radius 1 is 1.00 bits per heavy atom. The van der Waals surface area contributed by atoms with E-state index in [0.717, 1.165) is 52.8 Å². The highest BCUT2D eigenvalue weighted by Crippen LogP contribution is 2.42. The zero-order valence-corrected chi connectivity index (χ0v) is 19.3. The normalized spacial score (nSPS) is 11.0. The molecule has 0 radical (unpaired) electrons. The van der Waals surface area contributed by atoms with Gasteiger partial charge in [0.25, 0.3) is 0 Å². The quantitative estimate of drug-likeness (QED) is 0.236. The maximum absolute atomic E-state index is 10.7. The van der Waals surface area contributed by atoms with E-state index in [-0.39, 0.29) is 6.42 Å². The number of ether oxygens (including phenoxy) is 1. The number of benzene rings is 2.